The summed E-state index contributed by atoms with van der Waals surface area (Å²) in [5, 5.41) is 70.0. The van der Waals surface area contributed by atoms with Crippen molar-refractivity contribution < 1.29 is 54.8 Å². The lowest BCUT2D eigenvalue weighted by Crippen LogP contribution is -2.59. The molecule has 32 heavy (non-hydrogen) atoms. The number of carbonyl (C=O) groups excluding carboxylic acids is 1. The Morgan fingerprint density at radius 2 is 1.47 bits per heavy atom. The summed E-state index contributed by atoms with van der Waals surface area (Å²) in [6.45, 7) is 1.43. The molecule has 11 nitrogen and oxygen atoms in total. The van der Waals surface area contributed by atoms with Gasteiger partial charge in [0.15, 0.2) is 18.5 Å². The fourth-order valence-corrected chi connectivity index (χ4v) is 3.83. The van der Waals surface area contributed by atoms with Gasteiger partial charge in [0.25, 0.3) is 0 Å². The van der Waals surface area contributed by atoms with Crippen molar-refractivity contribution in [3.63, 3.8) is 0 Å². The summed E-state index contributed by atoms with van der Waals surface area (Å²) < 4.78 is 16.9. The highest BCUT2D eigenvalue weighted by atomic mass is 16.7. The minimum Gasteiger partial charge on any atom is -0.508 e. The van der Waals surface area contributed by atoms with E-state index in [-0.39, 0.29) is 34.1 Å². The molecule has 0 radical (unpaired) electrons. The molecule has 11 heteroatoms. The smallest absolute Gasteiger partial charge is 0.203 e. The van der Waals surface area contributed by atoms with Gasteiger partial charge >= 0.3 is 0 Å². The minimum atomic E-state index is -1.72. The number of fused-ring (bicyclic) bond motifs is 1. The molecule has 0 bridgehead atoms. The Hall–Kier alpha value is -3.09. The van der Waals surface area contributed by atoms with E-state index in [1.807, 2.05) is 0 Å². The molecule has 2 aliphatic heterocycles. The lowest BCUT2D eigenvalue weighted by Gasteiger charge is -2.42. The molecule has 7 N–H and O–H groups in total. The number of aromatic hydroxyl groups is 4. The van der Waals surface area contributed by atoms with Gasteiger partial charge in [-0.1, -0.05) is 0 Å². The summed E-state index contributed by atoms with van der Waals surface area (Å²) in [4.78, 5) is 13.3. The summed E-state index contributed by atoms with van der Waals surface area (Å²) in [5.41, 5.74) is -0.194. The molecule has 0 saturated carbocycles. The van der Waals surface area contributed by atoms with Crippen LogP contribution in [0.5, 0.6) is 28.7 Å². The number of Topliss-reactive ketones (excluding diaryl/α,β-unsaturated/α-hetero) is 1. The van der Waals surface area contributed by atoms with Crippen molar-refractivity contribution in [3.8, 4) is 28.7 Å². The number of aliphatic hydroxyl groups excluding tert-OH is 3. The topological polar surface area (TPSA) is 186 Å². The summed E-state index contributed by atoms with van der Waals surface area (Å²) >= 11 is 0. The van der Waals surface area contributed by atoms with E-state index in [1.54, 1.807) is 0 Å². The Bertz CT molecular complexity index is 1020. The Morgan fingerprint density at radius 3 is 2.12 bits per heavy atom. The van der Waals surface area contributed by atoms with Crippen molar-refractivity contribution in [1.29, 1.82) is 0 Å². The van der Waals surface area contributed by atoms with E-state index in [2.05, 4.69) is 0 Å². The first-order chi connectivity index (χ1) is 15.1. The second kappa shape index (κ2) is 8.11. The lowest BCUT2D eigenvalue weighted by molar-refractivity contribution is -0.304. The number of rotatable bonds is 3. The molecule has 1 fully saturated rings. The van der Waals surface area contributed by atoms with Crippen molar-refractivity contribution in [3.05, 3.63) is 41.5 Å². The van der Waals surface area contributed by atoms with Crippen LogP contribution in [0.4, 0.5) is 0 Å². The van der Waals surface area contributed by atoms with E-state index >= 15 is 0 Å². The molecule has 0 aliphatic carbocycles. The SMILES string of the molecule is C[C@@H]1O[C@@H](OC2C(=O)c3c(O)cc(O)cc3OC2c2cc(O)cc(O)c2)[C@H](O)[C@H](O)C1O. The van der Waals surface area contributed by atoms with Crippen molar-refractivity contribution >= 4 is 5.78 Å². The van der Waals surface area contributed by atoms with Gasteiger partial charge in [-0.3, -0.25) is 4.79 Å². The summed E-state index contributed by atoms with van der Waals surface area (Å²) in [5.74, 6) is -2.59. The molecule has 0 spiro atoms. The molecule has 4 rings (SSSR count). The highest BCUT2D eigenvalue weighted by molar-refractivity contribution is 6.05. The zero-order valence-corrected chi connectivity index (χ0v) is 16.7. The number of ether oxygens (including phenoxy) is 3. The first kappa shape index (κ1) is 22.1. The predicted molar refractivity (Wildman–Crippen MR) is 104 cm³/mol. The monoisotopic (exact) mass is 450 g/mol. The largest absolute Gasteiger partial charge is 0.508 e. The first-order valence-corrected chi connectivity index (χ1v) is 9.71. The molecule has 172 valence electrons. The zero-order chi connectivity index (χ0) is 23.3. The molecular weight excluding hydrogens is 428 g/mol. The van der Waals surface area contributed by atoms with Gasteiger partial charge in [-0.2, -0.15) is 0 Å². The molecular formula is C21H22O11. The van der Waals surface area contributed by atoms with E-state index in [0.717, 1.165) is 18.2 Å². The summed E-state index contributed by atoms with van der Waals surface area (Å²) in [7, 11) is 0. The Balaban J connectivity index is 1.76. The lowest BCUT2D eigenvalue weighted by atomic mass is 9.92. The van der Waals surface area contributed by atoms with Crippen LogP contribution in [0.25, 0.3) is 0 Å². The van der Waals surface area contributed by atoms with Crippen molar-refractivity contribution in [2.24, 2.45) is 0 Å². The highest BCUT2D eigenvalue weighted by Gasteiger charge is 2.48. The third kappa shape index (κ3) is 3.80. The van der Waals surface area contributed by atoms with Crippen LogP contribution in [0.1, 0.15) is 28.9 Å². The van der Waals surface area contributed by atoms with Crippen molar-refractivity contribution in [2.45, 2.75) is 49.8 Å². The Labute approximate surface area is 181 Å². The number of ketones is 1. The van der Waals surface area contributed by atoms with Crippen LogP contribution in [-0.4, -0.2) is 78.3 Å². The molecule has 2 aromatic carbocycles. The summed E-state index contributed by atoms with van der Waals surface area (Å²) in [6, 6.07) is 5.52. The van der Waals surface area contributed by atoms with E-state index in [4.69, 9.17) is 14.2 Å². The van der Waals surface area contributed by atoms with Crippen LogP contribution in [0.2, 0.25) is 0 Å². The fraction of sp³-hybridized carbons (Fsp3) is 0.381. The van der Waals surface area contributed by atoms with Crippen LogP contribution in [-0.2, 0) is 9.47 Å². The van der Waals surface area contributed by atoms with Gasteiger partial charge < -0.3 is 50.0 Å². The van der Waals surface area contributed by atoms with E-state index in [1.165, 1.54) is 19.1 Å². The maximum Gasteiger partial charge on any atom is 0.203 e. The molecule has 0 aromatic heterocycles. The van der Waals surface area contributed by atoms with Gasteiger partial charge in [-0.05, 0) is 19.1 Å². The van der Waals surface area contributed by atoms with Crippen molar-refractivity contribution in [2.75, 3.05) is 0 Å². The van der Waals surface area contributed by atoms with E-state index < -0.39 is 54.4 Å². The maximum atomic E-state index is 13.3. The average molecular weight is 450 g/mol. The number of phenols is 4. The number of hydrogen-bond acceptors (Lipinski definition) is 11. The van der Waals surface area contributed by atoms with Gasteiger partial charge in [-0.15, -0.1) is 0 Å². The van der Waals surface area contributed by atoms with E-state index in [0.29, 0.717) is 0 Å². The Kier molecular flexibility index (Phi) is 5.61. The third-order valence-electron chi connectivity index (χ3n) is 5.44. The second-order valence-electron chi connectivity index (χ2n) is 7.76. The number of phenolic OH excluding ortho intramolecular Hbond substituents is 4. The number of benzene rings is 2. The third-order valence-corrected chi connectivity index (χ3v) is 5.44. The molecule has 2 heterocycles. The molecule has 7 atom stereocenters. The minimum absolute atomic E-state index is 0.105. The standard InChI is InChI=1S/C21H22O11/c1-7-15(26)17(28)18(29)21(30-7)32-20-16(27)14-12(25)5-11(24)6-13(14)31-19(20)8-2-9(22)4-10(23)3-8/h2-7,15,17-26,28-29H,1H3/t7-,15?,17+,18+,19?,20?,21-/m0/s1. The normalized spacial score (nSPS) is 32.2. The van der Waals surface area contributed by atoms with Gasteiger partial charge in [0.1, 0.15) is 52.6 Å². The molecule has 3 unspecified atom stereocenters. The van der Waals surface area contributed by atoms with Gasteiger partial charge in [0, 0.05) is 23.8 Å². The van der Waals surface area contributed by atoms with Crippen LogP contribution in [0, 0.1) is 0 Å². The fourth-order valence-electron chi connectivity index (χ4n) is 3.83. The zero-order valence-electron chi connectivity index (χ0n) is 16.7. The predicted octanol–water partition coefficient (Wildman–Crippen LogP) is 0.0381. The van der Waals surface area contributed by atoms with Crippen molar-refractivity contribution in [1.82, 2.24) is 0 Å². The number of carbonyl (C=O) groups is 1. The van der Waals surface area contributed by atoms with Crippen LogP contribution < -0.4 is 4.74 Å². The van der Waals surface area contributed by atoms with Crippen LogP contribution in [0.15, 0.2) is 30.3 Å². The molecule has 1 saturated heterocycles. The first-order valence-electron chi connectivity index (χ1n) is 9.71. The number of aliphatic hydroxyl groups is 3. The Morgan fingerprint density at radius 1 is 0.844 bits per heavy atom. The summed E-state index contributed by atoms with van der Waals surface area (Å²) in [6.07, 6.45) is -10.1. The van der Waals surface area contributed by atoms with Crippen LogP contribution in [0.3, 0.4) is 0 Å². The van der Waals surface area contributed by atoms with Gasteiger partial charge in [-0.25, -0.2) is 0 Å². The highest BCUT2D eigenvalue weighted by Crippen LogP contribution is 2.44. The average Bonchev–Trinajstić information content (AvgIpc) is 2.70. The van der Waals surface area contributed by atoms with E-state index in [9.17, 15) is 40.5 Å². The van der Waals surface area contributed by atoms with Gasteiger partial charge in [0.2, 0.25) is 5.78 Å². The second-order valence-corrected chi connectivity index (χ2v) is 7.76. The molecule has 0 amide bonds. The molecule has 2 aliphatic rings. The quantitative estimate of drug-likeness (QED) is 0.335. The van der Waals surface area contributed by atoms with Crippen LogP contribution >= 0.6 is 0 Å². The maximum absolute atomic E-state index is 13.3. The number of hydrogen-bond donors (Lipinski definition) is 7. The van der Waals surface area contributed by atoms with Gasteiger partial charge in [0.05, 0.1) is 6.10 Å². The molecule has 2 aromatic rings.